The molecule has 0 aromatic heterocycles. The van der Waals surface area contributed by atoms with Crippen molar-refractivity contribution in [1.29, 1.82) is 0 Å². The van der Waals surface area contributed by atoms with Crippen LogP contribution in [-0.2, 0) is 0 Å². The maximum Gasteiger partial charge on any atom is 0.358 e. The van der Waals surface area contributed by atoms with Gasteiger partial charge in [0.1, 0.15) is 5.56 Å². The number of nitro groups is 2. The maximum atomic E-state index is 11.2. The van der Waals surface area contributed by atoms with E-state index in [1.807, 2.05) is 0 Å². The van der Waals surface area contributed by atoms with Crippen molar-refractivity contribution < 1.29 is 14.6 Å². The zero-order valence-corrected chi connectivity index (χ0v) is 9.03. The van der Waals surface area contributed by atoms with Crippen LogP contribution in [0.15, 0.2) is 12.1 Å². The molecule has 9 heteroatoms. The molecular formula is C9H8N4O5. The molecule has 0 atom stereocenters. The number of amides is 1. The van der Waals surface area contributed by atoms with E-state index >= 15 is 0 Å². The molecule has 2 N–H and O–H groups in total. The minimum Gasteiger partial charge on any atom is -0.368 e. The molecule has 9 nitrogen and oxygen atoms in total. The highest BCUT2D eigenvalue weighted by Crippen LogP contribution is 2.36. The van der Waals surface area contributed by atoms with Gasteiger partial charge < -0.3 is 10.6 Å². The molecular weight excluding hydrogens is 244 g/mol. The van der Waals surface area contributed by atoms with E-state index in [4.69, 9.17) is 5.73 Å². The number of primary amides is 1. The average Bonchev–Trinajstić information content (AvgIpc) is 3.10. The van der Waals surface area contributed by atoms with Crippen molar-refractivity contribution in [3.63, 3.8) is 0 Å². The molecule has 0 radical (unpaired) electrons. The van der Waals surface area contributed by atoms with Crippen LogP contribution >= 0.6 is 0 Å². The third-order valence-electron chi connectivity index (χ3n) is 2.53. The van der Waals surface area contributed by atoms with Gasteiger partial charge in [0.2, 0.25) is 0 Å². The van der Waals surface area contributed by atoms with Crippen molar-refractivity contribution in [2.45, 2.75) is 0 Å². The van der Waals surface area contributed by atoms with Gasteiger partial charge in [-0.25, -0.2) is 0 Å². The summed E-state index contributed by atoms with van der Waals surface area (Å²) in [5.74, 6) is -1.06. The van der Waals surface area contributed by atoms with Crippen molar-refractivity contribution in [2.24, 2.45) is 5.73 Å². The van der Waals surface area contributed by atoms with E-state index < -0.39 is 32.7 Å². The molecule has 0 saturated carbocycles. The topological polar surface area (TPSA) is 132 Å². The van der Waals surface area contributed by atoms with E-state index in [0.29, 0.717) is 18.8 Å². The van der Waals surface area contributed by atoms with Gasteiger partial charge in [-0.15, -0.1) is 0 Å². The summed E-state index contributed by atoms with van der Waals surface area (Å²) in [5.41, 5.74) is 3.38. The molecule has 1 fully saturated rings. The lowest BCUT2D eigenvalue weighted by Gasteiger charge is -2.05. The summed E-state index contributed by atoms with van der Waals surface area (Å²) in [5, 5.41) is 21.7. The van der Waals surface area contributed by atoms with Crippen molar-refractivity contribution in [1.82, 2.24) is 0 Å². The Morgan fingerprint density at radius 2 is 1.83 bits per heavy atom. The van der Waals surface area contributed by atoms with Crippen molar-refractivity contribution in [2.75, 3.05) is 18.0 Å². The van der Waals surface area contributed by atoms with Crippen LogP contribution in [0.4, 0.5) is 17.1 Å². The lowest BCUT2D eigenvalue weighted by atomic mass is 10.1. The Morgan fingerprint density at radius 1 is 1.22 bits per heavy atom. The number of nitrogens with two attached hydrogens (primary N) is 1. The van der Waals surface area contributed by atoms with Crippen LogP contribution < -0.4 is 10.6 Å². The largest absolute Gasteiger partial charge is 0.368 e. The standard InChI is InChI=1S/C9H8N4O5/c10-9(14)6-3-5(11-1-2-11)4-7(12(15)16)8(6)13(17)18/h3-4H,1-2H2,(H2,10,14). The van der Waals surface area contributed by atoms with Gasteiger partial charge in [0, 0.05) is 24.8 Å². The monoisotopic (exact) mass is 252 g/mol. The Kier molecular flexibility index (Phi) is 2.58. The Balaban J connectivity index is 2.71. The molecule has 1 amide bonds. The van der Waals surface area contributed by atoms with Gasteiger partial charge in [-0.1, -0.05) is 0 Å². The molecule has 1 heterocycles. The van der Waals surface area contributed by atoms with E-state index in [-0.39, 0.29) is 0 Å². The molecule has 1 saturated heterocycles. The number of rotatable bonds is 4. The van der Waals surface area contributed by atoms with Gasteiger partial charge in [0.25, 0.3) is 5.91 Å². The summed E-state index contributed by atoms with van der Waals surface area (Å²) in [6.45, 7) is 1.38. The molecule has 18 heavy (non-hydrogen) atoms. The third-order valence-corrected chi connectivity index (χ3v) is 2.53. The zero-order valence-electron chi connectivity index (χ0n) is 9.03. The van der Waals surface area contributed by atoms with Gasteiger partial charge in [-0.05, 0) is 6.07 Å². The molecule has 94 valence electrons. The zero-order chi connectivity index (χ0) is 13.4. The van der Waals surface area contributed by atoms with E-state index in [2.05, 4.69) is 0 Å². The van der Waals surface area contributed by atoms with Gasteiger partial charge in [0.05, 0.1) is 9.85 Å². The van der Waals surface area contributed by atoms with Crippen LogP contribution in [0, 0.1) is 20.2 Å². The first-order valence-corrected chi connectivity index (χ1v) is 4.93. The van der Waals surface area contributed by atoms with Crippen molar-refractivity contribution in [3.05, 3.63) is 37.9 Å². The van der Waals surface area contributed by atoms with Gasteiger partial charge in [-0.3, -0.25) is 25.0 Å². The van der Waals surface area contributed by atoms with Crippen molar-refractivity contribution in [3.8, 4) is 0 Å². The second-order valence-corrected chi connectivity index (χ2v) is 3.73. The average molecular weight is 252 g/mol. The predicted octanol–water partition coefficient (Wildman–Crippen LogP) is 0.422. The van der Waals surface area contributed by atoms with Gasteiger partial charge in [-0.2, -0.15) is 0 Å². The highest BCUT2D eigenvalue weighted by molar-refractivity contribution is 6.00. The molecule has 2 rings (SSSR count). The molecule has 1 aromatic carbocycles. The van der Waals surface area contributed by atoms with Crippen LogP contribution in [-0.4, -0.2) is 28.8 Å². The highest BCUT2D eigenvalue weighted by Gasteiger charge is 2.34. The Hall–Kier alpha value is -2.71. The summed E-state index contributed by atoms with van der Waals surface area (Å²) < 4.78 is 0. The second-order valence-electron chi connectivity index (χ2n) is 3.73. The number of anilines is 1. The summed E-state index contributed by atoms with van der Waals surface area (Å²) in [4.78, 5) is 32.7. The molecule has 0 unspecified atom stereocenters. The fraction of sp³-hybridized carbons (Fsp3) is 0.222. The summed E-state index contributed by atoms with van der Waals surface area (Å²) in [6.07, 6.45) is 0. The number of hydrogen-bond acceptors (Lipinski definition) is 6. The fourth-order valence-corrected chi connectivity index (χ4v) is 1.61. The van der Waals surface area contributed by atoms with Crippen LogP contribution in [0.2, 0.25) is 0 Å². The Morgan fingerprint density at radius 3 is 2.22 bits per heavy atom. The second kappa shape index (κ2) is 3.95. The maximum absolute atomic E-state index is 11.2. The Bertz CT molecular complexity index is 531. The molecule has 0 bridgehead atoms. The first-order chi connectivity index (χ1) is 8.41. The van der Waals surface area contributed by atoms with E-state index in [1.54, 1.807) is 4.90 Å². The number of nitro benzene ring substituents is 2. The van der Waals surface area contributed by atoms with E-state index in [9.17, 15) is 25.0 Å². The predicted molar refractivity (Wildman–Crippen MR) is 60.5 cm³/mol. The highest BCUT2D eigenvalue weighted by atomic mass is 16.6. The smallest absolute Gasteiger partial charge is 0.358 e. The normalized spacial score (nSPS) is 13.2. The van der Waals surface area contributed by atoms with E-state index in [0.717, 1.165) is 6.07 Å². The number of nitrogens with zero attached hydrogens (tertiary/aromatic N) is 3. The first kappa shape index (κ1) is 11.8. The fourth-order valence-electron chi connectivity index (χ4n) is 1.61. The van der Waals surface area contributed by atoms with Crippen LogP contribution in [0.1, 0.15) is 10.4 Å². The molecule has 1 aliphatic rings. The van der Waals surface area contributed by atoms with Gasteiger partial charge in [0.15, 0.2) is 0 Å². The molecule has 1 aliphatic heterocycles. The minimum atomic E-state index is -1.06. The summed E-state index contributed by atoms with van der Waals surface area (Å²) in [7, 11) is 0. The van der Waals surface area contributed by atoms with Gasteiger partial charge >= 0.3 is 11.4 Å². The van der Waals surface area contributed by atoms with E-state index in [1.165, 1.54) is 6.07 Å². The number of carbonyl (C=O) groups is 1. The third kappa shape index (κ3) is 1.93. The van der Waals surface area contributed by atoms with Crippen LogP contribution in [0.25, 0.3) is 0 Å². The van der Waals surface area contributed by atoms with Crippen LogP contribution in [0.5, 0.6) is 0 Å². The molecule has 0 spiro atoms. The summed E-state index contributed by atoms with van der Waals surface area (Å²) in [6, 6.07) is 2.29. The first-order valence-electron chi connectivity index (χ1n) is 4.93. The lowest BCUT2D eigenvalue weighted by Crippen LogP contribution is -2.15. The van der Waals surface area contributed by atoms with Crippen molar-refractivity contribution >= 4 is 23.0 Å². The molecule has 0 aliphatic carbocycles. The Labute approximate surface area is 100 Å². The summed E-state index contributed by atoms with van der Waals surface area (Å²) >= 11 is 0. The molecule has 1 aromatic rings. The minimum absolute atomic E-state index is 0.390. The number of benzene rings is 1. The number of hydrogen-bond donors (Lipinski definition) is 1. The number of carbonyl (C=O) groups excluding carboxylic acids is 1. The SMILES string of the molecule is NC(=O)c1cc(N2CC2)cc([N+](=O)[O-])c1[N+](=O)[O-]. The lowest BCUT2D eigenvalue weighted by molar-refractivity contribution is -0.422. The quantitative estimate of drug-likeness (QED) is 0.469. The van der Waals surface area contributed by atoms with Crippen LogP contribution in [0.3, 0.4) is 0 Å².